The molecule has 2 fully saturated rings. The van der Waals surface area contributed by atoms with Crippen LogP contribution in [-0.2, 0) is 16.1 Å². The van der Waals surface area contributed by atoms with Gasteiger partial charge in [0.2, 0.25) is 5.91 Å². The predicted molar refractivity (Wildman–Crippen MR) is 95.2 cm³/mol. The Morgan fingerprint density at radius 3 is 2.88 bits per heavy atom. The highest BCUT2D eigenvalue weighted by molar-refractivity contribution is 7.09. The van der Waals surface area contributed by atoms with Crippen molar-refractivity contribution in [2.45, 2.75) is 19.4 Å². The molecule has 2 saturated heterocycles. The molecule has 0 atom stereocenters. The van der Waals surface area contributed by atoms with Crippen LogP contribution in [-0.4, -0.2) is 48.6 Å². The summed E-state index contributed by atoms with van der Waals surface area (Å²) in [5.41, 5.74) is 3.06. The van der Waals surface area contributed by atoms with Gasteiger partial charge in [0.1, 0.15) is 5.01 Å². The fourth-order valence-electron chi connectivity index (χ4n) is 3.22. The predicted octanol–water partition coefficient (Wildman–Crippen LogP) is 2.77. The Bertz CT molecular complexity index is 725. The van der Waals surface area contributed by atoms with Crippen molar-refractivity contribution in [2.24, 2.45) is 0 Å². The van der Waals surface area contributed by atoms with Crippen molar-refractivity contribution in [3.8, 4) is 11.3 Å². The fraction of sp³-hybridized carbons (Fsp3) is 0.444. The van der Waals surface area contributed by atoms with Gasteiger partial charge >= 0.3 is 0 Å². The van der Waals surface area contributed by atoms with Crippen molar-refractivity contribution in [1.29, 1.82) is 0 Å². The number of morpholine rings is 1. The van der Waals surface area contributed by atoms with Gasteiger partial charge in [0, 0.05) is 42.7 Å². The lowest BCUT2D eigenvalue weighted by Crippen LogP contribution is -2.35. The molecule has 2 aliphatic rings. The van der Waals surface area contributed by atoms with E-state index >= 15 is 0 Å². The molecule has 4 rings (SSSR count). The van der Waals surface area contributed by atoms with Crippen molar-refractivity contribution in [3.63, 3.8) is 0 Å². The number of nitrogens with zero attached hydrogens (tertiary/aromatic N) is 3. The maximum Gasteiger partial charge on any atom is 0.227 e. The molecule has 126 valence electrons. The fourth-order valence-corrected chi connectivity index (χ4v) is 4.07. The zero-order valence-electron chi connectivity index (χ0n) is 13.6. The minimum Gasteiger partial charge on any atom is -0.379 e. The van der Waals surface area contributed by atoms with Crippen LogP contribution in [0.5, 0.6) is 0 Å². The van der Waals surface area contributed by atoms with Gasteiger partial charge in [-0.1, -0.05) is 12.1 Å². The molecule has 0 aliphatic carbocycles. The van der Waals surface area contributed by atoms with E-state index in [0.29, 0.717) is 6.42 Å². The van der Waals surface area contributed by atoms with Gasteiger partial charge in [-0.15, -0.1) is 11.3 Å². The highest BCUT2D eigenvalue weighted by atomic mass is 32.1. The standard InChI is InChI=1S/C18H21N3O2S/c22-18-5-2-6-21(18)15-4-1-3-14(11-15)16-13-24-17(19-16)12-20-7-9-23-10-8-20/h1,3-4,11,13H,2,5-10,12H2. The number of carbonyl (C=O) groups excluding carboxylic acids is 1. The first kappa shape index (κ1) is 15.7. The maximum absolute atomic E-state index is 11.9. The quantitative estimate of drug-likeness (QED) is 0.856. The molecule has 0 saturated carbocycles. The highest BCUT2D eigenvalue weighted by Crippen LogP contribution is 2.28. The van der Waals surface area contributed by atoms with Gasteiger partial charge in [-0.2, -0.15) is 0 Å². The third-order valence-electron chi connectivity index (χ3n) is 4.54. The molecular weight excluding hydrogens is 322 g/mol. The Morgan fingerprint density at radius 1 is 1.21 bits per heavy atom. The third kappa shape index (κ3) is 3.36. The summed E-state index contributed by atoms with van der Waals surface area (Å²) in [5.74, 6) is 0.221. The molecule has 0 radical (unpaired) electrons. The van der Waals surface area contributed by atoms with Crippen LogP contribution in [0, 0.1) is 0 Å². The summed E-state index contributed by atoms with van der Waals surface area (Å²) in [6.07, 6.45) is 1.61. The molecule has 3 heterocycles. The number of rotatable bonds is 4. The monoisotopic (exact) mass is 343 g/mol. The smallest absolute Gasteiger partial charge is 0.227 e. The number of anilines is 1. The minimum absolute atomic E-state index is 0.221. The van der Waals surface area contributed by atoms with Gasteiger partial charge in [-0.25, -0.2) is 4.98 Å². The maximum atomic E-state index is 11.9. The second-order valence-electron chi connectivity index (χ2n) is 6.21. The first-order chi connectivity index (χ1) is 11.8. The first-order valence-electron chi connectivity index (χ1n) is 8.45. The van der Waals surface area contributed by atoms with Crippen LogP contribution in [0.3, 0.4) is 0 Å². The average Bonchev–Trinajstić information content (AvgIpc) is 3.25. The van der Waals surface area contributed by atoms with E-state index in [1.54, 1.807) is 11.3 Å². The lowest BCUT2D eigenvalue weighted by atomic mass is 10.1. The molecule has 0 unspecified atom stereocenters. The summed E-state index contributed by atoms with van der Waals surface area (Å²) >= 11 is 1.70. The van der Waals surface area contributed by atoms with Crippen LogP contribution >= 0.6 is 11.3 Å². The van der Waals surface area contributed by atoms with E-state index < -0.39 is 0 Å². The van der Waals surface area contributed by atoms with Crippen LogP contribution in [0.2, 0.25) is 0 Å². The van der Waals surface area contributed by atoms with Gasteiger partial charge in [0.25, 0.3) is 0 Å². The zero-order chi connectivity index (χ0) is 16.4. The summed E-state index contributed by atoms with van der Waals surface area (Å²) in [6.45, 7) is 5.27. The Morgan fingerprint density at radius 2 is 2.08 bits per heavy atom. The Kier molecular flexibility index (Phi) is 4.60. The van der Waals surface area contributed by atoms with Crippen molar-refractivity contribution in [1.82, 2.24) is 9.88 Å². The van der Waals surface area contributed by atoms with Crippen LogP contribution in [0.15, 0.2) is 29.6 Å². The third-order valence-corrected chi connectivity index (χ3v) is 5.37. The second kappa shape index (κ2) is 7.01. The van der Waals surface area contributed by atoms with Crippen LogP contribution < -0.4 is 4.90 Å². The molecule has 2 aliphatic heterocycles. The number of aromatic nitrogens is 1. The van der Waals surface area contributed by atoms with Crippen molar-refractivity contribution in [3.05, 3.63) is 34.7 Å². The molecule has 0 bridgehead atoms. The molecule has 6 heteroatoms. The summed E-state index contributed by atoms with van der Waals surface area (Å²) in [6, 6.07) is 8.17. The van der Waals surface area contributed by atoms with Crippen LogP contribution in [0.1, 0.15) is 17.8 Å². The van der Waals surface area contributed by atoms with Gasteiger partial charge < -0.3 is 9.64 Å². The first-order valence-corrected chi connectivity index (χ1v) is 9.33. The topological polar surface area (TPSA) is 45.7 Å². The normalized spacial score (nSPS) is 19.2. The van der Waals surface area contributed by atoms with Crippen molar-refractivity contribution >= 4 is 22.9 Å². The van der Waals surface area contributed by atoms with Crippen LogP contribution in [0.4, 0.5) is 5.69 Å². The van der Waals surface area contributed by atoms with E-state index in [0.717, 1.165) is 67.8 Å². The highest BCUT2D eigenvalue weighted by Gasteiger charge is 2.22. The molecular formula is C18H21N3O2S. The lowest BCUT2D eigenvalue weighted by molar-refractivity contribution is -0.117. The summed E-state index contributed by atoms with van der Waals surface area (Å²) in [5, 5.41) is 3.25. The number of benzene rings is 1. The summed E-state index contributed by atoms with van der Waals surface area (Å²) in [7, 11) is 0. The van der Waals surface area contributed by atoms with Gasteiger partial charge in [0.05, 0.1) is 25.5 Å². The number of thiazole rings is 1. The lowest BCUT2D eigenvalue weighted by Gasteiger charge is -2.25. The number of hydrogen-bond donors (Lipinski definition) is 0. The van der Waals surface area contributed by atoms with Crippen LogP contribution in [0.25, 0.3) is 11.3 Å². The van der Waals surface area contributed by atoms with Gasteiger partial charge in [-0.05, 0) is 18.6 Å². The van der Waals surface area contributed by atoms with E-state index in [2.05, 4.69) is 22.4 Å². The van der Waals surface area contributed by atoms with Gasteiger partial charge in [0.15, 0.2) is 0 Å². The molecule has 1 aromatic heterocycles. The SMILES string of the molecule is O=C1CCCN1c1cccc(-c2csc(CN3CCOCC3)n2)c1. The molecule has 0 N–H and O–H groups in total. The summed E-state index contributed by atoms with van der Waals surface area (Å²) < 4.78 is 5.39. The molecule has 2 aromatic rings. The number of amides is 1. The average molecular weight is 343 g/mol. The number of carbonyl (C=O) groups is 1. The van der Waals surface area contributed by atoms with E-state index in [4.69, 9.17) is 9.72 Å². The van der Waals surface area contributed by atoms with Crippen molar-refractivity contribution in [2.75, 3.05) is 37.7 Å². The number of ether oxygens (including phenoxy) is 1. The molecule has 1 amide bonds. The zero-order valence-corrected chi connectivity index (χ0v) is 14.4. The Balaban J connectivity index is 1.50. The number of hydrogen-bond acceptors (Lipinski definition) is 5. The largest absolute Gasteiger partial charge is 0.379 e. The van der Waals surface area contributed by atoms with Gasteiger partial charge in [-0.3, -0.25) is 9.69 Å². The minimum atomic E-state index is 0.221. The van der Waals surface area contributed by atoms with E-state index in [-0.39, 0.29) is 5.91 Å². The van der Waals surface area contributed by atoms with E-state index in [1.165, 1.54) is 0 Å². The molecule has 1 aromatic carbocycles. The molecule has 0 spiro atoms. The Labute approximate surface area is 145 Å². The second-order valence-corrected chi connectivity index (χ2v) is 7.16. The van der Waals surface area contributed by atoms with E-state index in [9.17, 15) is 4.79 Å². The Hall–Kier alpha value is -1.76. The summed E-state index contributed by atoms with van der Waals surface area (Å²) in [4.78, 5) is 21.0. The molecule has 5 nitrogen and oxygen atoms in total. The molecule has 24 heavy (non-hydrogen) atoms. The van der Waals surface area contributed by atoms with Crippen molar-refractivity contribution < 1.29 is 9.53 Å². The van der Waals surface area contributed by atoms with E-state index in [1.807, 2.05) is 17.0 Å².